The highest BCUT2D eigenvalue weighted by atomic mass is 32.1. The van der Waals surface area contributed by atoms with Crippen LogP contribution in [0, 0.1) is 10.1 Å². The Balaban J connectivity index is 2.00. The van der Waals surface area contributed by atoms with Crippen molar-refractivity contribution in [1.82, 2.24) is 0 Å². The van der Waals surface area contributed by atoms with E-state index < -0.39 is 16.8 Å². The Kier molecular flexibility index (Phi) is 6.43. The van der Waals surface area contributed by atoms with Gasteiger partial charge in [-0.3, -0.25) is 14.9 Å². The highest BCUT2D eigenvalue weighted by molar-refractivity contribution is 7.15. The molecular formula is C21H18N2O6S. The van der Waals surface area contributed by atoms with E-state index in [4.69, 9.17) is 9.47 Å². The van der Waals surface area contributed by atoms with E-state index in [0.29, 0.717) is 11.3 Å². The van der Waals surface area contributed by atoms with Gasteiger partial charge in [-0.1, -0.05) is 24.3 Å². The largest absolute Gasteiger partial charge is 0.497 e. The Morgan fingerprint density at radius 2 is 1.83 bits per heavy atom. The average Bonchev–Trinajstić information content (AvgIpc) is 3.17. The molecule has 0 aliphatic heterocycles. The summed E-state index contributed by atoms with van der Waals surface area (Å²) >= 11 is 1.14. The zero-order valence-corrected chi connectivity index (χ0v) is 17.0. The van der Waals surface area contributed by atoms with Crippen molar-refractivity contribution >= 4 is 33.9 Å². The number of hydrogen-bond donors (Lipinski definition) is 1. The molecule has 1 heterocycles. The van der Waals surface area contributed by atoms with Crippen LogP contribution in [0.5, 0.6) is 5.75 Å². The molecule has 0 fully saturated rings. The van der Waals surface area contributed by atoms with Crippen molar-refractivity contribution in [2.45, 2.75) is 6.92 Å². The molecule has 2 aromatic carbocycles. The highest BCUT2D eigenvalue weighted by Gasteiger charge is 2.25. The van der Waals surface area contributed by atoms with Crippen LogP contribution in [0.3, 0.4) is 0 Å². The van der Waals surface area contributed by atoms with Crippen LogP contribution in [0.2, 0.25) is 0 Å². The lowest BCUT2D eigenvalue weighted by Crippen LogP contribution is -2.16. The average molecular weight is 426 g/mol. The molecule has 3 aromatic rings. The number of nitro benzene ring substituents is 1. The van der Waals surface area contributed by atoms with Gasteiger partial charge in [-0.15, -0.1) is 11.3 Å². The Hall–Kier alpha value is -3.72. The fourth-order valence-corrected chi connectivity index (χ4v) is 3.79. The van der Waals surface area contributed by atoms with Crippen LogP contribution >= 0.6 is 11.3 Å². The second-order valence-electron chi connectivity index (χ2n) is 6.03. The number of methoxy groups -OCH3 is 1. The SMILES string of the molecule is CCOC(=O)c1c(-c2ccc(OC)cc2)csc1NC(=O)c1ccccc1[N+](=O)[O-]. The fourth-order valence-electron chi connectivity index (χ4n) is 2.83. The minimum Gasteiger partial charge on any atom is -0.497 e. The van der Waals surface area contributed by atoms with Gasteiger partial charge in [-0.2, -0.15) is 0 Å². The number of nitrogens with zero attached hydrogens (tertiary/aromatic N) is 1. The van der Waals surface area contributed by atoms with Gasteiger partial charge in [0, 0.05) is 17.0 Å². The highest BCUT2D eigenvalue weighted by Crippen LogP contribution is 2.37. The van der Waals surface area contributed by atoms with Gasteiger partial charge in [0.25, 0.3) is 11.6 Å². The molecule has 0 bridgehead atoms. The predicted octanol–water partition coefficient (Wildman–Crippen LogP) is 4.76. The van der Waals surface area contributed by atoms with Crippen molar-refractivity contribution in [2.24, 2.45) is 0 Å². The molecule has 1 aromatic heterocycles. The third-order valence-electron chi connectivity index (χ3n) is 4.24. The maximum atomic E-state index is 12.7. The van der Waals surface area contributed by atoms with Crippen LogP contribution in [0.25, 0.3) is 11.1 Å². The monoisotopic (exact) mass is 426 g/mol. The van der Waals surface area contributed by atoms with Gasteiger partial charge < -0.3 is 14.8 Å². The number of carbonyl (C=O) groups is 2. The second kappa shape index (κ2) is 9.19. The smallest absolute Gasteiger partial charge is 0.341 e. The van der Waals surface area contributed by atoms with Crippen molar-refractivity contribution in [3.8, 4) is 16.9 Å². The Morgan fingerprint density at radius 3 is 2.47 bits per heavy atom. The molecule has 0 saturated heterocycles. The predicted molar refractivity (Wildman–Crippen MR) is 113 cm³/mol. The molecule has 8 nitrogen and oxygen atoms in total. The molecule has 3 rings (SSSR count). The first kappa shape index (κ1) is 21.0. The molecule has 0 saturated carbocycles. The van der Waals surface area contributed by atoms with Gasteiger partial charge >= 0.3 is 5.97 Å². The van der Waals surface area contributed by atoms with E-state index in [1.807, 2.05) is 0 Å². The Labute approximate surface area is 176 Å². The fraction of sp³-hybridized carbons (Fsp3) is 0.143. The molecule has 0 spiro atoms. The number of nitro groups is 1. The van der Waals surface area contributed by atoms with E-state index in [1.165, 1.54) is 24.3 Å². The molecule has 0 atom stereocenters. The molecular weight excluding hydrogens is 408 g/mol. The van der Waals surface area contributed by atoms with Crippen LogP contribution in [-0.4, -0.2) is 30.5 Å². The van der Waals surface area contributed by atoms with Crippen LogP contribution in [0.1, 0.15) is 27.6 Å². The molecule has 30 heavy (non-hydrogen) atoms. The van der Waals surface area contributed by atoms with Crippen molar-refractivity contribution < 1.29 is 24.0 Å². The van der Waals surface area contributed by atoms with Crippen molar-refractivity contribution in [2.75, 3.05) is 19.0 Å². The number of benzene rings is 2. The van der Waals surface area contributed by atoms with E-state index in [-0.39, 0.29) is 28.4 Å². The van der Waals surface area contributed by atoms with Crippen LogP contribution < -0.4 is 10.1 Å². The maximum Gasteiger partial charge on any atom is 0.341 e. The Morgan fingerprint density at radius 1 is 1.13 bits per heavy atom. The molecule has 1 N–H and O–H groups in total. The molecule has 154 valence electrons. The number of nitrogens with one attached hydrogen (secondary N) is 1. The van der Waals surface area contributed by atoms with E-state index in [0.717, 1.165) is 16.9 Å². The maximum absolute atomic E-state index is 12.7. The number of carbonyl (C=O) groups excluding carboxylic acids is 2. The van der Waals surface area contributed by atoms with Crippen molar-refractivity contribution in [3.05, 3.63) is 75.2 Å². The number of thiophene rings is 1. The molecule has 0 aliphatic carbocycles. The number of para-hydroxylation sites is 1. The topological polar surface area (TPSA) is 108 Å². The lowest BCUT2D eigenvalue weighted by Gasteiger charge is -2.09. The van der Waals surface area contributed by atoms with Crippen molar-refractivity contribution in [1.29, 1.82) is 0 Å². The molecule has 0 unspecified atom stereocenters. The zero-order valence-electron chi connectivity index (χ0n) is 16.2. The summed E-state index contributed by atoms with van der Waals surface area (Å²) in [4.78, 5) is 36.0. The normalized spacial score (nSPS) is 10.3. The van der Waals surface area contributed by atoms with E-state index in [1.54, 1.807) is 43.7 Å². The van der Waals surface area contributed by atoms with E-state index in [2.05, 4.69) is 5.32 Å². The zero-order chi connectivity index (χ0) is 21.7. The van der Waals surface area contributed by atoms with Gasteiger partial charge in [0.1, 0.15) is 21.9 Å². The summed E-state index contributed by atoms with van der Waals surface area (Å²) in [5.74, 6) is -0.616. The number of anilines is 1. The Bertz CT molecular complexity index is 1090. The van der Waals surface area contributed by atoms with Gasteiger partial charge in [-0.25, -0.2) is 4.79 Å². The minimum atomic E-state index is -0.684. The summed E-state index contributed by atoms with van der Waals surface area (Å²) in [6, 6.07) is 12.7. The van der Waals surface area contributed by atoms with Crippen molar-refractivity contribution in [3.63, 3.8) is 0 Å². The van der Waals surface area contributed by atoms with E-state index in [9.17, 15) is 19.7 Å². The molecule has 1 amide bonds. The van der Waals surface area contributed by atoms with Crippen LogP contribution in [0.15, 0.2) is 53.9 Å². The molecule has 0 radical (unpaired) electrons. The number of ether oxygens (including phenoxy) is 2. The third kappa shape index (κ3) is 4.31. The van der Waals surface area contributed by atoms with Crippen LogP contribution in [0.4, 0.5) is 10.7 Å². The lowest BCUT2D eigenvalue weighted by atomic mass is 10.0. The minimum absolute atomic E-state index is 0.100. The summed E-state index contributed by atoms with van der Waals surface area (Å²) in [6.07, 6.45) is 0. The van der Waals surface area contributed by atoms with Gasteiger partial charge in [-0.05, 0) is 30.7 Å². The quantitative estimate of drug-likeness (QED) is 0.331. The number of amides is 1. The number of rotatable bonds is 7. The third-order valence-corrected chi connectivity index (χ3v) is 5.14. The van der Waals surface area contributed by atoms with Gasteiger partial charge in [0.15, 0.2) is 0 Å². The second-order valence-corrected chi connectivity index (χ2v) is 6.91. The molecule has 9 heteroatoms. The first-order valence-corrected chi connectivity index (χ1v) is 9.82. The lowest BCUT2D eigenvalue weighted by molar-refractivity contribution is -0.385. The standard InChI is InChI=1S/C21H18N2O6S/c1-3-29-21(25)18-16(13-8-10-14(28-2)11-9-13)12-30-20(18)22-19(24)15-6-4-5-7-17(15)23(26)27/h4-12H,3H2,1-2H3,(H,22,24). The van der Waals surface area contributed by atoms with E-state index >= 15 is 0 Å². The summed E-state index contributed by atoms with van der Waals surface area (Å²) < 4.78 is 10.3. The molecule has 0 aliphatic rings. The number of esters is 1. The summed E-state index contributed by atoms with van der Waals surface area (Å²) in [5.41, 5.74) is 1.09. The first-order chi connectivity index (χ1) is 14.5. The summed E-state index contributed by atoms with van der Waals surface area (Å²) in [7, 11) is 1.56. The summed E-state index contributed by atoms with van der Waals surface area (Å²) in [6.45, 7) is 1.84. The van der Waals surface area contributed by atoms with Gasteiger partial charge in [0.2, 0.25) is 0 Å². The van der Waals surface area contributed by atoms with Crippen LogP contribution in [-0.2, 0) is 4.74 Å². The summed E-state index contributed by atoms with van der Waals surface area (Å²) in [5, 5.41) is 15.8. The van der Waals surface area contributed by atoms with Gasteiger partial charge in [0.05, 0.1) is 18.6 Å². The number of hydrogen-bond acceptors (Lipinski definition) is 7. The first-order valence-electron chi connectivity index (χ1n) is 8.94.